The number of rotatable bonds is 7. The van der Waals surface area contributed by atoms with E-state index in [0.29, 0.717) is 12.1 Å². The molecule has 3 heteroatoms. The van der Waals surface area contributed by atoms with Crippen LogP contribution in [0.3, 0.4) is 0 Å². The molecule has 2 atom stereocenters. The van der Waals surface area contributed by atoms with Crippen molar-refractivity contribution in [3.63, 3.8) is 0 Å². The Balaban J connectivity index is 1.75. The number of morpholine rings is 1. The zero-order valence-electron chi connectivity index (χ0n) is 11.5. The fraction of sp³-hybridized carbons (Fsp3) is 1.00. The Morgan fingerprint density at radius 1 is 1.41 bits per heavy atom. The molecule has 0 bridgehead atoms. The van der Waals surface area contributed by atoms with Crippen molar-refractivity contribution in [2.75, 3.05) is 33.3 Å². The van der Waals surface area contributed by atoms with E-state index in [4.69, 9.17) is 4.74 Å². The lowest BCUT2D eigenvalue weighted by Gasteiger charge is -2.37. The van der Waals surface area contributed by atoms with Crippen molar-refractivity contribution in [1.82, 2.24) is 10.2 Å². The van der Waals surface area contributed by atoms with Crippen LogP contribution in [0.25, 0.3) is 0 Å². The molecule has 2 unspecified atom stereocenters. The minimum Gasteiger partial charge on any atom is -0.374 e. The van der Waals surface area contributed by atoms with E-state index in [1.54, 1.807) is 0 Å². The number of hydrogen-bond acceptors (Lipinski definition) is 3. The molecule has 0 aromatic rings. The summed E-state index contributed by atoms with van der Waals surface area (Å²) in [4.78, 5) is 2.55. The zero-order valence-corrected chi connectivity index (χ0v) is 11.5. The van der Waals surface area contributed by atoms with Crippen molar-refractivity contribution in [2.24, 2.45) is 5.92 Å². The molecule has 3 nitrogen and oxygen atoms in total. The van der Waals surface area contributed by atoms with Crippen molar-refractivity contribution in [2.45, 2.75) is 51.2 Å². The maximum atomic E-state index is 5.96. The van der Waals surface area contributed by atoms with E-state index in [1.165, 1.54) is 38.6 Å². The molecule has 1 saturated carbocycles. The van der Waals surface area contributed by atoms with E-state index in [1.807, 2.05) is 0 Å². The smallest absolute Gasteiger partial charge is 0.0855 e. The van der Waals surface area contributed by atoms with Gasteiger partial charge in [0, 0.05) is 19.1 Å². The number of ether oxygens (including phenoxy) is 1. The molecule has 17 heavy (non-hydrogen) atoms. The van der Waals surface area contributed by atoms with Crippen LogP contribution in [0.5, 0.6) is 0 Å². The topological polar surface area (TPSA) is 24.5 Å². The molecule has 0 amide bonds. The van der Waals surface area contributed by atoms with Crippen LogP contribution >= 0.6 is 0 Å². The molecular weight excluding hydrogens is 212 g/mol. The number of nitrogens with one attached hydrogen (secondary N) is 1. The summed E-state index contributed by atoms with van der Waals surface area (Å²) in [6, 6.07) is 0.551. The van der Waals surface area contributed by atoms with E-state index < -0.39 is 0 Å². The largest absolute Gasteiger partial charge is 0.374 e. The first-order valence-electron chi connectivity index (χ1n) is 7.34. The number of likely N-dealkylation sites (N-methyl/N-ethyl adjacent to an activating group) is 1. The van der Waals surface area contributed by atoms with Gasteiger partial charge < -0.3 is 10.1 Å². The minimum atomic E-state index is 0.402. The normalized spacial score (nSPS) is 28.2. The van der Waals surface area contributed by atoms with Crippen LogP contribution in [0, 0.1) is 5.92 Å². The highest BCUT2D eigenvalue weighted by atomic mass is 16.5. The molecule has 2 fully saturated rings. The van der Waals surface area contributed by atoms with Crippen LogP contribution in [0.1, 0.15) is 39.0 Å². The third-order valence-electron chi connectivity index (χ3n) is 4.12. The summed E-state index contributed by atoms with van der Waals surface area (Å²) in [6.45, 7) is 6.62. The van der Waals surface area contributed by atoms with Gasteiger partial charge in [-0.05, 0) is 38.8 Å². The van der Waals surface area contributed by atoms with E-state index in [0.717, 1.165) is 25.6 Å². The Bertz CT molecular complexity index is 216. The lowest BCUT2D eigenvalue weighted by atomic mass is 10.0. The van der Waals surface area contributed by atoms with E-state index in [2.05, 4.69) is 24.2 Å². The Labute approximate surface area is 106 Å². The summed E-state index contributed by atoms with van der Waals surface area (Å²) in [5, 5.41) is 3.47. The highest BCUT2D eigenvalue weighted by molar-refractivity contribution is 4.84. The predicted molar refractivity (Wildman–Crippen MR) is 71.3 cm³/mol. The van der Waals surface area contributed by atoms with Crippen molar-refractivity contribution in [3.8, 4) is 0 Å². The Morgan fingerprint density at radius 3 is 2.88 bits per heavy atom. The molecule has 100 valence electrons. The Kier molecular flexibility index (Phi) is 5.26. The molecule has 2 aliphatic rings. The molecule has 0 aromatic carbocycles. The second-order valence-electron chi connectivity index (χ2n) is 5.63. The molecule has 2 rings (SSSR count). The van der Waals surface area contributed by atoms with Gasteiger partial charge in [-0.25, -0.2) is 0 Å². The van der Waals surface area contributed by atoms with Gasteiger partial charge in [-0.3, -0.25) is 4.90 Å². The Hall–Kier alpha value is -0.120. The summed E-state index contributed by atoms with van der Waals surface area (Å²) in [6.07, 6.45) is 7.25. The molecule has 1 aliphatic heterocycles. The first-order chi connectivity index (χ1) is 8.33. The molecule has 1 aliphatic carbocycles. The summed E-state index contributed by atoms with van der Waals surface area (Å²) in [7, 11) is 2.08. The lowest BCUT2D eigenvalue weighted by molar-refractivity contribution is -0.0468. The molecule has 1 N–H and O–H groups in total. The average Bonchev–Trinajstić information content (AvgIpc) is 3.15. The van der Waals surface area contributed by atoms with Crippen LogP contribution in [-0.2, 0) is 4.74 Å². The summed E-state index contributed by atoms with van der Waals surface area (Å²) < 4.78 is 5.96. The third-order valence-corrected chi connectivity index (χ3v) is 4.12. The first-order valence-corrected chi connectivity index (χ1v) is 7.34. The standard InChI is InChI=1S/C14H28N2O/c1-3-8-16-9-10-17-14(11-16)13(15-2)7-6-12-4-5-12/h12-15H,3-11H2,1-2H3. The van der Waals surface area contributed by atoms with Crippen molar-refractivity contribution in [3.05, 3.63) is 0 Å². The van der Waals surface area contributed by atoms with Crippen LogP contribution in [0.2, 0.25) is 0 Å². The number of nitrogens with zero attached hydrogens (tertiary/aromatic N) is 1. The maximum absolute atomic E-state index is 5.96. The van der Waals surface area contributed by atoms with Gasteiger partial charge in [0.15, 0.2) is 0 Å². The third kappa shape index (κ3) is 4.23. The SMILES string of the molecule is CCCN1CCOC(C(CCC2CC2)NC)C1. The Morgan fingerprint density at radius 2 is 2.24 bits per heavy atom. The van der Waals surface area contributed by atoms with E-state index >= 15 is 0 Å². The van der Waals surface area contributed by atoms with Crippen molar-refractivity contribution in [1.29, 1.82) is 0 Å². The number of hydrogen-bond donors (Lipinski definition) is 1. The van der Waals surface area contributed by atoms with Crippen LogP contribution < -0.4 is 5.32 Å². The fourth-order valence-electron chi connectivity index (χ4n) is 2.83. The van der Waals surface area contributed by atoms with Gasteiger partial charge in [0.25, 0.3) is 0 Å². The second-order valence-corrected chi connectivity index (χ2v) is 5.63. The maximum Gasteiger partial charge on any atom is 0.0855 e. The summed E-state index contributed by atoms with van der Waals surface area (Å²) in [5.74, 6) is 1.03. The molecular formula is C14H28N2O. The van der Waals surface area contributed by atoms with Crippen LogP contribution in [-0.4, -0.2) is 50.3 Å². The predicted octanol–water partition coefficient (Wildman–Crippen LogP) is 1.88. The summed E-state index contributed by atoms with van der Waals surface area (Å²) in [5.41, 5.74) is 0. The molecule has 1 saturated heterocycles. The monoisotopic (exact) mass is 240 g/mol. The van der Waals surface area contributed by atoms with Crippen LogP contribution in [0.4, 0.5) is 0 Å². The van der Waals surface area contributed by atoms with Gasteiger partial charge in [-0.1, -0.05) is 19.8 Å². The second kappa shape index (κ2) is 6.72. The van der Waals surface area contributed by atoms with Crippen molar-refractivity contribution >= 4 is 0 Å². The fourth-order valence-corrected chi connectivity index (χ4v) is 2.83. The van der Waals surface area contributed by atoms with Crippen molar-refractivity contribution < 1.29 is 4.74 Å². The highest BCUT2D eigenvalue weighted by Crippen LogP contribution is 2.34. The van der Waals surface area contributed by atoms with Gasteiger partial charge in [-0.2, -0.15) is 0 Å². The summed E-state index contributed by atoms with van der Waals surface area (Å²) >= 11 is 0. The van der Waals surface area contributed by atoms with Gasteiger partial charge in [0.1, 0.15) is 0 Å². The first kappa shape index (κ1) is 13.3. The lowest BCUT2D eigenvalue weighted by Crippen LogP contribution is -2.51. The minimum absolute atomic E-state index is 0.402. The molecule has 0 radical (unpaired) electrons. The van der Waals surface area contributed by atoms with Gasteiger partial charge in [0.05, 0.1) is 12.7 Å². The van der Waals surface area contributed by atoms with Crippen LogP contribution in [0.15, 0.2) is 0 Å². The van der Waals surface area contributed by atoms with Gasteiger partial charge >= 0.3 is 0 Å². The zero-order chi connectivity index (χ0) is 12.1. The quantitative estimate of drug-likeness (QED) is 0.735. The molecule has 0 spiro atoms. The average molecular weight is 240 g/mol. The highest BCUT2D eigenvalue weighted by Gasteiger charge is 2.29. The van der Waals surface area contributed by atoms with Gasteiger partial charge in [0.2, 0.25) is 0 Å². The van der Waals surface area contributed by atoms with Gasteiger partial charge in [-0.15, -0.1) is 0 Å². The molecule has 0 aromatic heterocycles. The van der Waals surface area contributed by atoms with E-state index in [9.17, 15) is 0 Å². The molecule has 1 heterocycles. The van der Waals surface area contributed by atoms with E-state index in [-0.39, 0.29) is 0 Å².